The van der Waals surface area contributed by atoms with Gasteiger partial charge in [-0.25, -0.2) is 4.79 Å². The first-order valence-corrected chi connectivity index (χ1v) is 10.2. The largest absolute Gasteiger partial charge is 0.480 e. The third kappa shape index (κ3) is 6.14. The van der Waals surface area contributed by atoms with Crippen molar-refractivity contribution in [2.75, 3.05) is 19.7 Å². The van der Waals surface area contributed by atoms with Gasteiger partial charge in [0.25, 0.3) is 0 Å². The van der Waals surface area contributed by atoms with Crippen molar-refractivity contribution in [1.29, 1.82) is 0 Å². The van der Waals surface area contributed by atoms with E-state index in [1.54, 1.807) is 0 Å². The SMILES string of the molecule is CC(C)CC(NC(=O)C1CCCN1C(=O)C(CO)NC(=O)C1CCCN1)C(=O)O. The van der Waals surface area contributed by atoms with Gasteiger partial charge in [0.05, 0.1) is 12.6 Å². The van der Waals surface area contributed by atoms with Gasteiger partial charge in [-0.15, -0.1) is 0 Å². The van der Waals surface area contributed by atoms with E-state index >= 15 is 0 Å². The number of amides is 3. The van der Waals surface area contributed by atoms with Crippen LogP contribution in [0.2, 0.25) is 0 Å². The van der Waals surface area contributed by atoms with Crippen LogP contribution in [0.3, 0.4) is 0 Å². The minimum atomic E-state index is -1.13. The molecule has 0 saturated carbocycles. The van der Waals surface area contributed by atoms with E-state index < -0.39 is 42.5 Å². The maximum absolute atomic E-state index is 12.9. The maximum Gasteiger partial charge on any atom is 0.326 e. The van der Waals surface area contributed by atoms with Crippen molar-refractivity contribution in [3.8, 4) is 0 Å². The van der Waals surface area contributed by atoms with Gasteiger partial charge in [-0.1, -0.05) is 13.8 Å². The Bertz CT molecular complexity index is 620. The van der Waals surface area contributed by atoms with Crippen LogP contribution in [0.5, 0.6) is 0 Å². The van der Waals surface area contributed by atoms with Gasteiger partial charge in [0, 0.05) is 6.54 Å². The van der Waals surface area contributed by atoms with Gasteiger partial charge >= 0.3 is 5.97 Å². The number of nitrogens with one attached hydrogen (secondary N) is 3. The molecule has 10 nitrogen and oxygen atoms in total. The van der Waals surface area contributed by atoms with E-state index in [0.717, 1.165) is 13.0 Å². The summed E-state index contributed by atoms with van der Waals surface area (Å²) in [4.78, 5) is 50.6. The number of hydrogen-bond donors (Lipinski definition) is 5. The molecule has 164 valence electrons. The van der Waals surface area contributed by atoms with E-state index in [1.165, 1.54) is 4.90 Å². The Morgan fingerprint density at radius 3 is 2.31 bits per heavy atom. The zero-order valence-electron chi connectivity index (χ0n) is 17.0. The van der Waals surface area contributed by atoms with E-state index in [-0.39, 0.29) is 24.3 Å². The Labute approximate surface area is 170 Å². The van der Waals surface area contributed by atoms with Crippen molar-refractivity contribution in [2.45, 2.75) is 70.1 Å². The van der Waals surface area contributed by atoms with Gasteiger partial charge in [0.2, 0.25) is 17.7 Å². The van der Waals surface area contributed by atoms with Crippen molar-refractivity contribution >= 4 is 23.7 Å². The smallest absolute Gasteiger partial charge is 0.326 e. The van der Waals surface area contributed by atoms with Crippen LogP contribution in [-0.2, 0) is 19.2 Å². The molecule has 5 N–H and O–H groups in total. The molecule has 10 heteroatoms. The standard InChI is InChI=1S/C19H32N4O6/c1-11(2)9-13(19(28)29)21-17(26)15-6-4-8-23(15)18(27)14(10-24)22-16(25)12-5-3-7-20-12/h11-15,20,24H,3-10H2,1-2H3,(H,21,26)(H,22,25)(H,28,29). The summed E-state index contributed by atoms with van der Waals surface area (Å²) in [5.74, 6) is -2.45. The monoisotopic (exact) mass is 412 g/mol. The molecule has 0 aromatic rings. The van der Waals surface area contributed by atoms with Crippen molar-refractivity contribution in [3.05, 3.63) is 0 Å². The number of rotatable bonds is 9. The summed E-state index contributed by atoms with van der Waals surface area (Å²) in [6.07, 6.45) is 2.81. The number of nitrogens with zero attached hydrogens (tertiary/aromatic N) is 1. The molecule has 2 heterocycles. The molecule has 0 spiro atoms. The van der Waals surface area contributed by atoms with Crippen LogP contribution in [0.1, 0.15) is 46.0 Å². The lowest BCUT2D eigenvalue weighted by Crippen LogP contribution is -2.57. The van der Waals surface area contributed by atoms with Crippen molar-refractivity contribution in [2.24, 2.45) is 5.92 Å². The van der Waals surface area contributed by atoms with Gasteiger partial charge in [-0.2, -0.15) is 0 Å². The molecule has 0 aromatic heterocycles. The highest BCUT2D eigenvalue weighted by molar-refractivity contribution is 5.94. The Balaban J connectivity index is 2.01. The third-order valence-corrected chi connectivity index (χ3v) is 5.33. The lowest BCUT2D eigenvalue weighted by Gasteiger charge is -2.29. The highest BCUT2D eigenvalue weighted by atomic mass is 16.4. The maximum atomic E-state index is 12.9. The fraction of sp³-hybridized carbons (Fsp3) is 0.789. The van der Waals surface area contributed by atoms with Gasteiger partial charge < -0.3 is 31.1 Å². The highest BCUT2D eigenvalue weighted by Crippen LogP contribution is 2.19. The molecular formula is C19H32N4O6. The van der Waals surface area contributed by atoms with E-state index in [2.05, 4.69) is 16.0 Å². The number of aliphatic hydroxyl groups is 1. The molecule has 0 bridgehead atoms. The Morgan fingerprint density at radius 1 is 1.07 bits per heavy atom. The molecule has 0 aliphatic carbocycles. The Morgan fingerprint density at radius 2 is 1.76 bits per heavy atom. The van der Waals surface area contributed by atoms with Gasteiger partial charge in [0.15, 0.2) is 0 Å². The highest BCUT2D eigenvalue weighted by Gasteiger charge is 2.39. The van der Waals surface area contributed by atoms with Crippen LogP contribution >= 0.6 is 0 Å². The normalized spacial score (nSPS) is 23.7. The molecule has 4 unspecified atom stereocenters. The fourth-order valence-electron chi connectivity index (χ4n) is 3.83. The van der Waals surface area contributed by atoms with Crippen LogP contribution in [0.25, 0.3) is 0 Å². The number of carboxylic acid groups (broad SMARTS) is 1. The first-order valence-electron chi connectivity index (χ1n) is 10.2. The van der Waals surface area contributed by atoms with Crippen molar-refractivity contribution < 1.29 is 29.4 Å². The predicted octanol–water partition coefficient (Wildman–Crippen LogP) is -1.18. The Hall–Kier alpha value is -2.20. The summed E-state index contributed by atoms with van der Waals surface area (Å²) < 4.78 is 0. The Kier molecular flexibility index (Phi) is 8.39. The summed E-state index contributed by atoms with van der Waals surface area (Å²) in [7, 11) is 0. The first-order chi connectivity index (χ1) is 13.7. The predicted molar refractivity (Wildman–Crippen MR) is 104 cm³/mol. The molecule has 2 rings (SSSR count). The summed E-state index contributed by atoms with van der Waals surface area (Å²) in [6, 6.07) is -3.36. The molecule has 2 aliphatic rings. The quantitative estimate of drug-likeness (QED) is 0.320. The number of carbonyl (C=O) groups excluding carboxylic acids is 3. The molecule has 29 heavy (non-hydrogen) atoms. The van der Waals surface area contributed by atoms with E-state index in [9.17, 15) is 29.4 Å². The summed E-state index contributed by atoms with van der Waals surface area (Å²) >= 11 is 0. The average Bonchev–Trinajstić information content (AvgIpc) is 3.36. The second-order valence-electron chi connectivity index (χ2n) is 8.11. The minimum absolute atomic E-state index is 0.0795. The third-order valence-electron chi connectivity index (χ3n) is 5.33. The molecule has 2 saturated heterocycles. The number of aliphatic hydroxyl groups excluding tert-OH is 1. The second kappa shape index (κ2) is 10.5. The number of carbonyl (C=O) groups is 4. The van der Waals surface area contributed by atoms with Crippen molar-refractivity contribution in [3.63, 3.8) is 0 Å². The number of carboxylic acids is 1. The molecule has 4 atom stereocenters. The van der Waals surface area contributed by atoms with Crippen LogP contribution in [-0.4, -0.2) is 82.7 Å². The molecule has 2 fully saturated rings. The van der Waals surface area contributed by atoms with Crippen LogP contribution in [0.4, 0.5) is 0 Å². The number of likely N-dealkylation sites (tertiary alicyclic amines) is 1. The molecule has 0 radical (unpaired) electrons. The summed E-state index contributed by atoms with van der Waals surface area (Å²) in [5.41, 5.74) is 0. The topological polar surface area (TPSA) is 148 Å². The molecule has 3 amide bonds. The average molecular weight is 412 g/mol. The van der Waals surface area contributed by atoms with Gasteiger partial charge in [-0.05, 0) is 44.6 Å². The minimum Gasteiger partial charge on any atom is -0.480 e. The van der Waals surface area contributed by atoms with Crippen molar-refractivity contribution in [1.82, 2.24) is 20.9 Å². The zero-order chi connectivity index (χ0) is 21.6. The lowest BCUT2D eigenvalue weighted by molar-refractivity contribution is -0.145. The number of aliphatic carboxylic acids is 1. The van der Waals surface area contributed by atoms with Crippen LogP contribution in [0, 0.1) is 5.92 Å². The lowest BCUT2D eigenvalue weighted by atomic mass is 10.0. The first kappa shape index (κ1) is 23.1. The van der Waals surface area contributed by atoms with E-state index in [4.69, 9.17) is 0 Å². The fourth-order valence-corrected chi connectivity index (χ4v) is 3.83. The second-order valence-corrected chi connectivity index (χ2v) is 8.11. The number of hydrogen-bond acceptors (Lipinski definition) is 6. The van der Waals surface area contributed by atoms with Gasteiger partial charge in [0.1, 0.15) is 18.1 Å². The summed E-state index contributed by atoms with van der Waals surface area (Å²) in [6.45, 7) is 4.19. The van der Waals surface area contributed by atoms with Crippen LogP contribution < -0.4 is 16.0 Å². The molecule has 2 aliphatic heterocycles. The van der Waals surface area contributed by atoms with Gasteiger partial charge in [-0.3, -0.25) is 14.4 Å². The van der Waals surface area contributed by atoms with E-state index in [0.29, 0.717) is 25.8 Å². The summed E-state index contributed by atoms with van der Waals surface area (Å²) in [5, 5.41) is 27.1. The van der Waals surface area contributed by atoms with Crippen LogP contribution in [0.15, 0.2) is 0 Å². The molecule has 0 aromatic carbocycles. The van der Waals surface area contributed by atoms with E-state index in [1.807, 2.05) is 13.8 Å². The molecular weight excluding hydrogens is 380 g/mol. The zero-order valence-corrected chi connectivity index (χ0v) is 17.0.